The SMILES string of the molecule is Cc1cc(C(C)C)cc(C(C)C)c1-c1cc(N2CN(C)c3nccnc32)cc(N2CN(C)c3nccnc32)c1. The van der Waals surface area contributed by atoms with Gasteiger partial charge in [0.2, 0.25) is 0 Å². The van der Waals surface area contributed by atoms with Crippen molar-refractivity contribution in [3.05, 3.63) is 71.8 Å². The molecule has 0 saturated carbocycles. The smallest absolute Gasteiger partial charge is 0.178 e. The van der Waals surface area contributed by atoms with E-state index in [1.165, 1.54) is 27.8 Å². The molecule has 0 fully saturated rings. The first-order valence-electron chi connectivity index (χ1n) is 13.6. The van der Waals surface area contributed by atoms with E-state index in [0.29, 0.717) is 25.2 Å². The van der Waals surface area contributed by atoms with Crippen LogP contribution in [0.2, 0.25) is 0 Å². The van der Waals surface area contributed by atoms with Crippen LogP contribution < -0.4 is 19.6 Å². The fourth-order valence-corrected chi connectivity index (χ4v) is 5.74. The second kappa shape index (κ2) is 9.52. The van der Waals surface area contributed by atoms with E-state index in [0.717, 1.165) is 34.6 Å². The maximum atomic E-state index is 4.72. The lowest BCUT2D eigenvalue weighted by molar-refractivity contribution is 0.833. The van der Waals surface area contributed by atoms with E-state index in [1.54, 1.807) is 24.8 Å². The van der Waals surface area contributed by atoms with Gasteiger partial charge in [0.15, 0.2) is 23.3 Å². The van der Waals surface area contributed by atoms with Gasteiger partial charge in [0.25, 0.3) is 0 Å². The average Bonchev–Trinajstić information content (AvgIpc) is 3.45. The largest absolute Gasteiger partial charge is 0.338 e. The van der Waals surface area contributed by atoms with Gasteiger partial charge < -0.3 is 19.6 Å². The standard InChI is InChI=1S/C31H36N8/c1-19(2)22-12-21(5)27(26(15-22)20(3)4)23-13-24(38-17-36(6)28-30(38)34-10-8-32-28)16-25(14-23)39-18-37(7)29-31(39)35-11-9-33-29/h8-16,19-20H,17-18H2,1-7H3. The molecule has 6 rings (SSSR count). The van der Waals surface area contributed by atoms with Crippen LogP contribution in [0.3, 0.4) is 0 Å². The normalized spacial score (nSPS) is 14.6. The molecule has 2 aliphatic rings. The minimum absolute atomic E-state index is 0.388. The highest BCUT2D eigenvalue weighted by Crippen LogP contribution is 2.45. The highest BCUT2D eigenvalue weighted by molar-refractivity contribution is 5.86. The topological polar surface area (TPSA) is 64.5 Å². The molecule has 4 heterocycles. The number of fused-ring (bicyclic) bond motifs is 2. The van der Waals surface area contributed by atoms with Gasteiger partial charge >= 0.3 is 0 Å². The van der Waals surface area contributed by atoms with Crippen LogP contribution in [0.1, 0.15) is 56.2 Å². The van der Waals surface area contributed by atoms with Crippen LogP contribution in [-0.4, -0.2) is 47.4 Å². The Morgan fingerprint density at radius 2 is 1.10 bits per heavy atom. The molecule has 200 valence electrons. The van der Waals surface area contributed by atoms with Crippen LogP contribution in [0, 0.1) is 6.92 Å². The summed E-state index contributed by atoms with van der Waals surface area (Å²) in [4.78, 5) is 27.4. The number of benzene rings is 2. The van der Waals surface area contributed by atoms with Gasteiger partial charge in [-0.3, -0.25) is 0 Å². The van der Waals surface area contributed by atoms with Gasteiger partial charge in [-0.2, -0.15) is 0 Å². The molecule has 0 spiro atoms. The highest BCUT2D eigenvalue weighted by Gasteiger charge is 2.31. The minimum Gasteiger partial charge on any atom is -0.338 e. The summed E-state index contributed by atoms with van der Waals surface area (Å²) in [5, 5.41) is 0. The zero-order chi connectivity index (χ0) is 27.4. The second-order valence-electron chi connectivity index (χ2n) is 11.3. The Kier molecular flexibility index (Phi) is 6.13. The lowest BCUT2D eigenvalue weighted by Gasteiger charge is -2.26. The van der Waals surface area contributed by atoms with Gasteiger partial charge in [-0.05, 0) is 64.8 Å². The van der Waals surface area contributed by atoms with Gasteiger partial charge in [-0.25, -0.2) is 19.9 Å². The van der Waals surface area contributed by atoms with E-state index in [-0.39, 0.29) is 0 Å². The first-order valence-corrected chi connectivity index (χ1v) is 13.6. The summed E-state index contributed by atoms with van der Waals surface area (Å²) < 4.78 is 0. The quantitative estimate of drug-likeness (QED) is 0.292. The summed E-state index contributed by atoms with van der Waals surface area (Å²) in [6.45, 7) is 12.7. The molecule has 0 unspecified atom stereocenters. The Bertz CT molecular complexity index is 1470. The predicted molar refractivity (Wildman–Crippen MR) is 160 cm³/mol. The molecular weight excluding hydrogens is 484 g/mol. The lowest BCUT2D eigenvalue weighted by Crippen LogP contribution is -2.26. The summed E-state index contributed by atoms with van der Waals surface area (Å²) in [5.74, 6) is 4.39. The Labute approximate surface area is 231 Å². The Hall–Kier alpha value is -4.20. The number of aromatic nitrogens is 4. The van der Waals surface area contributed by atoms with Crippen molar-refractivity contribution in [3.8, 4) is 11.1 Å². The Morgan fingerprint density at radius 1 is 0.615 bits per heavy atom. The Morgan fingerprint density at radius 3 is 1.56 bits per heavy atom. The third-order valence-corrected chi connectivity index (χ3v) is 7.75. The molecule has 39 heavy (non-hydrogen) atoms. The van der Waals surface area contributed by atoms with Gasteiger partial charge in [-0.15, -0.1) is 0 Å². The van der Waals surface area contributed by atoms with Gasteiger partial charge in [0.05, 0.1) is 13.3 Å². The number of hydrogen-bond acceptors (Lipinski definition) is 8. The maximum Gasteiger partial charge on any atom is 0.178 e. The van der Waals surface area contributed by atoms with Crippen LogP contribution in [0.5, 0.6) is 0 Å². The molecule has 2 aliphatic heterocycles. The third-order valence-electron chi connectivity index (χ3n) is 7.75. The summed E-state index contributed by atoms with van der Waals surface area (Å²) >= 11 is 0. The summed E-state index contributed by atoms with van der Waals surface area (Å²) in [7, 11) is 4.12. The number of hydrogen-bond donors (Lipinski definition) is 0. The van der Waals surface area contributed by atoms with Crippen molar-refractivity contribution < 1.29 is 0 Å². The molecule has 0 amide bonds. The number of rotatable bonds is 5. The summed E-state index contributed by atoms with van der Waals surface area (Å²) in [5.41, 5.74) is 8.71. The predicted octanol–water partition coefficient (Wildman–Crippen LogP) is 6.58. The van der Waals surface area contributed by atoms with Crippen molar-refractivity contribution in [2.45, 2.75) is 46.5 Å². The van der Waals surface area contributed by atoms with Crippen molar-refractivity contribution >= 4 is 34.6 Å². The number of aryl methyl sites for hydroxylation is 1. The molecule has 0 saturated heterocycles. The van der Waals surface area contributed by atoms with Crippen molar-refractivity contribution in [3.63, 3.8) is 0 Å². The Balaban J connectivity index is 1.57. The van der Waals surface area contributed by atoms with Crippen LogP contribution >= 0.6 is 0 Å². The molecule has 4 aromatic rings. The molecule has 0 atom stereocenters. The maximum absolute atomic E-state index is 4.72. The highest BCUT2D eigenvalue weighted by atomic mass is 15.4. The average molecular weight is 521 g/mol. The molecule has 0 radical (unpaired) electrons. The first kappa shape index (κ1) is 25.1. The fraction of sp³-hybridized carbons (Fsp3) is 0.355. The van der Waals surface area contributed by atoms with Crippen LogP contribution in [-0.2, 0) is 0 Å². The molecule has 2 aromatic heterocycles. The first-order chi connectivity index (χ1) is 18.7. The van der Waals surface area contributed by atoms with E-state index in [1.807, 2.05) is 0 Å². The molecule has 0 bridgehead atoms. The third kappa shape index (κ3) is 4.24. The zero-order valence-electron chi connectivity index (χ0n) is 23.8. The fourth-order valence-electron chi connectivity index (χ4n) is 5.74. The van der Waals surface area contributed by atoms with Crippen LogP contribution in [0.4, 0.5) is 34.6 Å². The van der Waals surface area contributed by atoms with Crippen LogP contribution in [0.15, 0.2) is 55.1 Å². The van der Waals surface area contributed by atoms with Gasteiger partial charge in [0.1, 0.15) is 0 Å². The van der Waals surface area contributed by atoms with E-state index in [4.69, 9.17) is 9.97 Å². The monoisotopic (exact) mass is 520 g/mol. The molecule has 0 N–H and O–H groups in total. The second-order valence-corrected chi connectivity index (χ2v) is 11.3. The lowest BCUT2D eigenvalue weighted by atomic mass is 9.85. The van der Waals surface area contributed by atoms with E-state index < -0.39 is 0 Å². The molecule has 8 nitrogen and oxygen atoms in total. The minimum atomic E-state index is 0.388. The summed E-state index contributed by atoms with van der Waals surface area (Å²) in [6.07, 6.45) is 7.04. The van der Waals surface area contributed by atoms with E-state index in [9.17, 15) is 0 Å². The zero-order valence-corrected chi connectivity index (χ0v) is 23.8. The molecule has 0 aliphatic carbocycles. The molecule has 8 heteroatoms. The van der Waals surface area contributed by atoms with Crippen molar-refractivity contribution in [2.75, 3.05) is 47.0 Å². The van der Waals surface area contributed by atoms with Crippen LogP contribution in [0.25, 0.3) is 11.1 Å². The molecular formula is C31H36N8. The van der Waals surface area contributed by atoms with Crippen molar-refractivity contribution in [2.24, 2.45) is 0 Å². The summed E-state index contributed by atoms with van der Waals surface area (Å²) in [6, 6.07) is 11.6. The molecule has 2 aromatic carbocycles. The van der Waals surface area contributed by atoms with Gasteiger partial charge in [-0.1, -0.05) is 39.8 Å². The van der Waals surface area contributed by atoms with E-state index in [2.05, 4.69) is 109 Å². The van der Waals surface area contributed by atoms with Crippen molar-refractivity contribution in [1.82, 2.24) is 19.9 Å². The van der Waals surface area contributed by atoms with Gasteiger partial charge in [0, 0.05) is 50.3 Å². The number of anilines is 6. The van der Waals surface area contributed by atoms with E-state index >= 15 is 0 Å². The number of nitrogens with zero attached hydrogens (tertiary/aromatic N) is 8. The van der Waals surface area contributed by atoms with Crippen molar-refractivity contribution in [1.29, 1.82) is 0 Å².